The molecule has 0 aliphatic carbocycles. The number of hydrogen-bond acceptors (Lipinski definition) is 8. The van der Waals surface area contributed by atoms with Gasteiger partial charge in [-0.15, -0.1) is 0 Å². The lowest BCUT2D eigenvalue weighted by Gasteiger charge is -2.08. The molecule has 0 saturated carbocycles. The smallest absolute Gasteiger partial charge is 0.306 e. The number of nitrogen functional groups attached to an aromatic ring is 2. The number of nitrogens with zero attached hydrogens (tertiary/aromatic N) is 3. The summed E-state index contributed by atoms with van der Waals surface area (Å²) < 4.78 is 10.5. The van der Waals surface area contributed by atoms with Gasteiger partial charge in [-0.05, 0) is 24.6 Å². The Morgan fingerprint density at radius 1 is 1.12 bits per heavy atom. The molecule has 0 radical (unpaired) electrons. The summed E-state index contributed by atoms with van der Waals surface area (Å²) in [6.07, 6.45) is 0.626. The molecule has 10 heteroatoms. The van der Waals surface area contributed by atoms with E-state index in [1.165, 1.54) is 0 Å². The Hall–Kier alpha value is -2.32. The SMILES string of the molecule is Nc1nc(N)nc(COC(=O)CCCOc2ccc(Cl)cc2Cl)n1. The minimum atomic E-state index is -0.418. The third-order valence-electron chi connectivity index (χ3n) is 2.76. The van der Waals surface area contributed by atoms with E-state index in [-0.39, 0.29) is 30.7 Å². The normalized spacial score (nSPS) is 10.4. The number of benzene rings is 1. The quantitative estimate of drug-likeness (QED) is 0.560. The summed E-state index contributed by atoms with van der Waals surface area (Å²) in [5.74, 6) is 0.227. The van der Waals surface area contributed by atoms with Crippen LogP contribution in [0.2, 0.25) is 10.0 Å². The van der Waals surface area contributed by atoms with Crippen molar-refractivity contribution in [1.82, 2.24) is 15.0 Å². The lowest BCUT2D eigenvalue weighted by molar-refractivity contribution is -0.145. The van der Waals surface area contributed by atoms with E-state index in [1.54, 1.807) is 18.2 Å². The zero-order chi connectivity index (χ0) is 17.5. The highest BCUT2D eigenvalue weighted by atomic mass is 35.5. The minimum Gasteiger partial charge on any atom is -0.492 e. The second-order valence-corrected chi connectivity index (χ2v) is 5.50. The molecule has 0 spiro atoms. The van der Waals surface area contributed by atoms with Gasteiger partial charge in [-0.25, -0.2) is 0 Å². The van der Waals surface area contributed by atoms with Crippen LogP contribution in [-0.2, 0) is 16.1 Å². The van der Waals surface area contributed by atoms with Crippen LogP contribution in [0, 0.1) is 0 Å². The molecule has 0 saturated heterocycles. The van der Waals surface area contributed by atoms with E-state index in [0.717, 1.165) is 0 Å². The number of esters is 1. The summed E-state index contributed by atoms with van der Waals surface area (Å²) in [7, 11) is 0. The van der Waals surface area contributed by atoms with Crippen molar-refractivity contribution in [3.05, 3.63) is 34.1 Å². The molecular formula is C14H15Cl2N5O3. The van der Waals surface area contributed by atoms with Crippen LogP contribution in [0.15, 0.2) is 18.2 Å². The largest absolute Gasteiger partial charge is 0.492 e. The van der Waals surface area contributed by atoms with Crippen molar-refractivity contribution in [3.8, 4) is 5.75 Å². The van der Waals surface area contributed by atoms with Crippen molar-refractivity contribution >= 4 is 41.1 Å². The van der Waals surface area contributed by atoms with Gasteiger partial charge in [0.1, 0.15) is 5.75 Å². The maximum absolute atomic E-state index is 11.7. The highest BCUT2D eigenvalue weighted by Crippen LogP contribution is 2.27. The van der Waals surface area contributed by atoms with Crippen LogP contribution in [0.25, 0.3) is 0 Å². The molecule has 0 unspecified atom stereocenters. The average molecular weight is 372 g/mol. The zero-order valence-corrected chi connectivity index (χ0v) is 14.0. The van der Waals surface area contributed by atoms with E-state index in [9.17, 15) is 4.79 Å². The van der Waals surface area contributed by atoms with E-state index < -0.39 is 5.97 Å². The van der Waals surface area contributed by atoms with Crippen molar-refractivity contribution in [2.75, 3.05) is 18.1 Å². The monoisotopic (exact) mass is 371 g/mol. The number of ether oxygens (including phenoxy) is 2. The van der Waals surface area contributed by atoms with Gasteiger partial charge in [0.2, 0.25) is 11.9 Å². The Labute approximate surface area is 148 Å². The molecule has 1 aromatic carbocycles. The van der Waals surface area contributed by atoms with Crippen LogP contribution in [0.3, 0.4) is 0 Å². The van der Waals surface area contributed by atoms with Crippen molar-refractivity contribution in [2.24, 2.45) is 0 Å². The highest BCUT2D eigenvalue weighted by molar-refractivity contribution is 6.35. The number of rotatable bonds is 7. The lowest BCUT2D eigenvalue weighted by Crippen LogP contribution is -2.11. The van der Waals surface area contributed by atoms with Gasteiger partial charge in [-0.2, -0.15) is 15.0 Å². The summed E-state index contributed by atoms with van der Waals surface area (Å²) >= 11 is 11.8. The fourth-order valence-corrected chi connectivity index (χ4v) is 2.19. The summed E-state index contributed by atoms with van der Waals surface area (Å²) in [4.78, 5) is 22.9. The number of hydrogen-bond donors (Lipinski definition) is 2. The van der Waals surface area contributed by atoms with Gasteiger partial charge in [-0.3, -0.25) is 4.79 Å². The molecule has 0 fully saturated rings. The van der Waals surface area contributed by atoms with E-state index in [0.29, 0.717) is 28.8 Å². The molecular weight excluding hydrogens is 357 g/mol. The Morgan fingerprint density at radius 2 is 1.83 bits per heavy atom. The van der Waals surface area contributed by atoms with E-state index in [1.807, 2.05) is 0 Å². The Bertz CT molecular complexity index is 709. The number of halogens is 2. The fraction of sp³-hybridized carbons (Fsp3) is 0.286. The summed E-state index contributed by atoms with van der Waals surface area (Å²) in [6.45, 7) is 0.182. The van der Waals surface area contributed by atoms with Crippen molar-refractivity contribution in [1.29, 1.82) is 0 Å². The van der Waals surface area contributed by atoms with Crippen molar-refractivity contribution in [2.45, 2.75) is 19.4 Å². The Kier molecular flexibility index (Phi) is 6.39. The summed E-state index contributed by atoms with van der Waals surface area (Å²) in [5.41, 5.74) is 10.8. The first-order valence-electron chi connectivity index (χ1n) is 6.93. The topological polar surface area (TPSA) is 126 Å². The van der Waals surface area contributed by atoms with Crippen LogP contribution in [0.1, 0.15) is 18.7 Å². The van der Waals surface area contributed by atoms with E-state index in [4.69, 9.17) is 44.1 Å². The zero-order valence-electron chi connectivity index (χ0n) is 12.5. The second kappa shape index (κ2) is 8.51. The predicted molar refractivity (Wildman–Crippen MR) is 89.6 cm³/mol. The lowest BCUT2D eigenvalue weighted by atomic mass is 10.3. The van der Waals surface area contributed by atoms with Gasteiger partial charge in [0, 0.05) is 11.4 Å². The van der Waals surface area contributed by atoms with E-state index in [2.05, 4.69) is 15.0 Å². The van der Waals surface area contributed by atoms with Crippen LogP contribution >= 0.6 is 23.2 Å². The van der Waals surface area contributed by atoms with Gasteiger partial charge in [0.25, 0.3) is 0 Å². The molecule has 24 heavy (non-hydrogen) atoms. The number of aromatic nitrogens is 3. The standard InChI is InChI=1S/C14H15Cl2N5O3/c15-8-3-4-10(9(16)6-8)23-5-1-2-12(22)24-7-11-19-13(17)21-14(18)20-11/h3-4,6H,1-2,5,7H2,(H4,17,18,19,20,21). The molecule has 0 atom stereocenters. The first-order chi connectivity index (χ1) is 11.4. The Morgan fingerprint density at radius 3 is 2.50 bits per heavy atom. The third kappa shape index (κ3) is 5.71. The molecule has 2 aromatic rings. The molecule has 0 aliphatic rings. The molecule has 8 nitrogen and oxygen atoms in total. The van der Waals surface area contributed by atoms with E-state index >= 15 is 0 Å². The number of anilines is 2. The van der Waals surface area contributed by atoms with Gasteiger partial charge >= 0.3 is 5.97 Å². The molecule has 0 amide bonds. The maximum atomic E-state index is 11.7. The molecule has 2 rings (SSSR count). The van der Waals surface area contributed by atoms with Crippen LogP contribution in [-0.4, -0.2) is 27.5 Å². The highest BCUT2D eigenvalue weighted by Gasteiger charge is 2.08. The number of carbonyl (C=O) groups is 1. The van der Waals surface area contributed by atoms with Gasteiger partial charge in [0.05, 0.1) is 11.6 Å². The molecule has 1 heterocycles. The second-order valence-electron chi connectivity index (χ2n) is 4.66. The van der Waals surface area contributed by atoms with Crippen molar-refractivity contribution in [3.63, 3.8) is 0 Å². The molecule has 1 aromatic heterocycles. The molecule has 4 N–H and O–H groups in total. The van der Waals surface area contributed by atoms with Crippen molar-refractivity contribution < 1.29 is 14.3 Å². The third-order valence-corrected chi connectivity index (χ3v) is 3.29. The van der Waals surface area contributed by atoms with Crippen LogP contribution in [0.5, 0.6) is 5.75 Å². The molecule has 0 aliphatic heterocycles. The first-order valence-corrected chi connectivity index (χ1v) is 7.69. The molecule has 0 bridgehead atoms. The first kappa shape index (κ1) is 18.0. The number of carbonyl (C=O) groups excluding carboxylic acids is 1. The molecule has 128 valence electrons. The summed E-state index contributed by atoms with van der Waals surface area (Å²) in [5, 5.41) is 0.936. The maximum Gasteiger partial charge on any atom is 0.306 e. The number of nitrogens with two attached hydrogens (primary N) is 2. The summed E-state index contributed by atoms with van der Waals surface area (Å²) in [6, 6.07) is 4.92. The minimum absolute atomic E-state index is 0.0261. The Balaban J connectivity index is 1.69. The average Bonchev–Trinajstić information content (AvgIpc) is 2.50. The van der Waals surface area contributed by atoms with Gasteiger partial charge in [0.15, 0.2) is 12.4 Å². The van der Waals surface area contributed by atoms with Gasteiger partial charge in [-0.1, -0.05) is 23.2 Å². The predicted octanol–water partition coefficient (Wildman–Crippen LogP) is 2.25. The fourth-order valence-electron chi connectivity index (χ4n) is 1.73. The van der Waals surface area contributed by atoms with Crippen LogP contribution in [0.4, 0.5) is 11.9 Å². The van der Waals surface area contributed by atoms with Gasteiger partial charge < -0.3 is 20.9 Å². The van der Waals surface area contributed by atoms with Crippen LogP contribution < -0.4 is 16.2 Å².